The lowest BCUT2D eigenvalue weighted by molar-refractivity contribution is -0.155. The standard InChI is InChI=1S/C27H42N7O9P/c1-14(23(35)41-17-8-6-9-17)32-44(38,33-15(2)24(36)42-18-10-7-11-18)40-13-19-12-27(4,37)25(43-19)34-16(3)29-20-21(34)30-26(28)31-22(20)39-5/h14-15,17-19,25,37H,6-13H2,1-5H3,(H2,28,30,31)(H2,32,33,38). The number of carbonyl (C=O) groups is 2. The van der Waals surface area contributed by atoms with Crippen molar-refractivity contribution in [1.29, 1.82) is 0 Å². The molecule has 5 unspecified atom stereocenters. The van der Waals surface area contributed by atoms with Crippen molar-refractivity contribution in [3.05, 3.63) is 5.82 Å². The van der Waals surface area contributed by atoms with Crippen LogP contribution in [0.1, 0.15) is 77.8 Å². The fourth-order valence-corrected chi connectivity index (χ4v) is 7.13. The Labute approximate surface area is 255 Å². The second kappa shape index (κ2) is 12.9. The molecule has 5 N–H and O–H groups in total. The molecule has 0 amide bonds. The Hall–Kier alpha value is -2.88. The van der Waals surface area contributed by atoms with Gasteiger partial charge in [-0.15, -0.1) is 0 Å². The Balaban J connectivity index is 1.31. The van der Waals surface area contributed by atoms with Gasteiger partial charge in [0.25, 0.3) is 0 Å². The quantitative estimate of drug-likeness (QED) is 0.182. The van der Waals surface area contributed by atoms with Crippen LogP contribution in [-0.2, 0) is 32.9 Å². The number of anilines is 1. The van der Waals surface area contributed by atoms with E-state index in [4.69, 9.17) is 29.2 Å². The maximum absolute atomic E-state index is 14.1. The van der Waals surface area contributed by atoms with E-state index in [9.17, 15) is 19.3 Å². The van der Waals surface area contributed by atoms with E-state index in [-0.39, 0.29) is 37.1 Å². The number of nitrogens with zero attached hydrogens (tertiary/aromatic N) is 4. The van der Waals surface area contributed by atoms with Crippen LogP contribution >= 0.6 is 7.67 Å². The lowest BCUT2D eigenvalue weighted by atomic mass is 9.96. The largest absolute Gasteiger partial charge is 0.479 e. The zero-order chi connectivity index (χ0) is 31.8. The predicted molar refractivity (Wildman–Crippen MR) is 156 cm³/mol. The molecule has 244 valence electrons. The summed E-state index contributed by atoms with van der Waals surface area (Å²) >= 11 is 0. The number of nitrogens with two attached hydrogens (primary N) is 1. The number of ether oxygens (including phenoxy) is 4. The molecule has 17 heteroatoms. The van der Waals surface area contributed by atoms with Crippen LogP contribution in [0.5, 0.6) is 5.88 Å². The van der Waals surface area contributed by atoms with Gasteiger partial charge in [-0.3, -0.25) is 18.7 Å². The highest BCUT2D eigenvalue weighted by Gasteiger charge is 2.47. The minimum absolute atomic E-state index is 0.0407. The van der Waals surface area contributed by atoms with Gasteiger partial charge in [0.1, 0.15) is 35.7 Å². The van der Waals surface area contributed by atoms with Crippen molar-refractivity contribution in [2.75, 3.05) is 19.5 Å². The van der Waals surface area contributed by atoms with Gasteiger partial charge >= 0.3 is 19.6 Å². The van der Waals surface area contributed by atoms with Crippen LogP contribution in [0.25, 0.3) is 11.2 Å². The Kier molecular flexibility index (Phi) is 9.50. The van der Waals surface area contributed by atoms with E-state index in [2.05, 4.69) is 25.1 Å². The first kappa shape index (κ1) is 32.5. The number of aliphatic hydroxyl groups is 1. The summed E-state index contributed by atoms with van der Waals surface area (Å²) in [6, 6.07) is -2.02. The smallest absolute Gasteiger partial charge is 0.342 e. The van der Waals surface area contributed by atoms with Crippen molar-refractivity contribution in [3.8, 4) is 5.88 Å². The molecule has 1 saturated heterocycles. The number of carbonyl (C=O) groups excluding carboxylic acids is 2. The van der Waals surface area contributed by atoms with Gasteiger partial charge < -0.3 is 34.3 Å². The first-order valence-corrected chi connectivity index (χ1v) is 16.6. The van der Waals surface area contributed by atoms with Gasteiger partial charge in [-0.2, -0.15) is 9.97 Å². The summed E-state index contributed by atoms with van der Waals surface area (Å²) in [5, 5.41) is 16.8. The summed E-state index contributed by atoms with van der Waals surface area (Å²) in [5.41, 5.74) is 5.12. The Morgan fingerprint density at radius 1 is 1.09 bits per heavy atom. The summed E-state index contributed by atoms with van der Waals surface area (Å²) in [7, 11) is -2.65. The van der Waals surface area contributed by atoms with E-state index in [0.29, 0.717) is 17.0 Å². The predicted octanol–water partition coefficient (Wildman–Crippen LogP) is 2.04. The lowest BCUT2D eigenvalue weighted by Gasteiger charge is -2.30. The Morgan fingerprint density at radius 3 is 2.16 bits per heavy atom. The molecule has 1 aliphatic heterocycles. The zero-order valence-corrected chi connectivity index (χ0v) is 26.5. The number of aromatic nitrogens is 4. The average molecular weight is 640 g/mol. The first-order chi connectivity index (χ1) is 20.8. The van der Waals surface area contributed by atoms with Crippen LogP contribution in [0, 0.1) is 6.92 Å². The van der Waals surface area contributed by atoms with E-state index in [1.807, 2.05) is 0 Å². The molecular formula is C27H42N7O9P. The second-order valence-electron chi connectivity index (χ2n) is 12.0. The van der Waals surface area contributed by atoms with Gasteiger partial charge in [0, 0.05) is 6.42 Å². The molecule has 3 heterocycles. The van der Waals surface area contributed by atoms with Crippen molar-refractivity contribution >= 4 is 36.7 Å². The molecule has 0 radical (unpaired) electrons. The van der Waals surface area contributed by atoms with Gasteiger partial charge in [0.05, 0.1) is 19.8 Å². The lowest BCUT2D eigenvalue weighted by Crippen LogP contribution is -2.44. The molecule has 5 rings (SSSR count). The van der Waals surface area contributed by atoms with Crippen LogP contribution in [0.2, 0.25) is 0 Å². The van der Waals surface area contributed by atoms with Crippen LogP contribution < -0.4 is 20.6 Å². The number of aryl methyl sites for hydroxylation is 1. The molecule has 2 aliphatic carbocycles. The average Bonchev–Trinajstić information content (AvgIpc) is 3.39. The third-order valence-electron chi connectivity index (χ3n) is 8.17. The van der Waals surface area contributed by atoms with Gasteiger partial charge in [-0.1, -0.05) is 0 Å². The number of esters is 2. The van der Waals surface area contributed by atoms with Crippen molar-refractivity contribution in [2.45, 2.75) is 115 Å². The topological polar surface area (TPSA) is 211 Å². The number of methoxy groups -OCH3 is 1. The molecule has 16 nitrogen and oxygen atoms in total. The molecule has 2 aromatic rings. The monoisotopic (exact) mass is 639 g/mol. The minimum atomic E-state index is -4.08. The minimum Gasteiger partial charge on any atom is -0.479 e. The van der Waals surface area contributed by atoms with E-state index in [1.54, 1.807) is 18.4 Å². The molecular weight excluding hydrogens is 597 g/mol. The second-order valence-corrected chi connectivity index (χ2v) is 13.9. The summed E-state index contributed by atoms with van der Waals surface area (Å²) < 4.78 is 44.0. The number of nitrogens with one attached hydrogen (secondary N) is 2. The normalized spacial score (nSPS) is 26.8. The maximum atomic E-state index is 14.1. The van der Waals surface area contributed by atoms with Crippen LogP contribution in [-0.4, -0.2) is 86.3 Å². The van der Waals surface area contributed by atoms with Gasteiger partial charge in [-0.25, -0.2) is 15.2 Å². The number of nitrogen functional groups attached to an aromatic ring is 1. The van der Waals surface area contributed by atoms with Gasteiger partial charge in [0.2, 0.25) is 11.8 Å². The van der Waals surface area contributed by atoms with Crippen LogP contribution in [0.4, 0.5) is 5.95 Å². The number of rotatable bonds is 13. The first-order valence-electron chi connectivity index (χ1n) is 14.9. The molecule has 3 fully saturated rings. The molecule has 2 saturated carbocycles. The molecule has 0 aromatic carbocycles. The zero-order valence-electron chi connectivity index (χ0n) is 25.6. The summed E-state index contributed by atoms with van der Waals surface area (Å²) in [6.07, 6.45) is 3.16. The highest BCUT2D eigenvalue weighted by molar-refractivity contribution is 7.54. The van der Waals surface area contributed by atoms with Crippen molar-refractivity contribution in [1.82, 2.24) is 29.7 Å². The van der Waals surface area contributed by atoms with Crippen molar-refractivity contribution < 1.29 is 42.7 Å². The third kappa shape index (κ3) is 7.00. The highest BCUT2D eigenvalue weighted by atomic mass is 31.2. The SMILES string of the molecule is COc1nc(N)nc2c1nc(C)n2C1OC(COP(=O)(NC(C)C(=O)OC2CCC2)NC(C)C(=O)OC2CCC2)CC1(C)O. The van der Waals surface area contributed by atoms with E-state index in [0.717, 1.165) is 38.5 Å². The summed E-state index contributed by atoms with van der Waals surface area (Å²) in [4.78, 5) is 38.2. The Morgan fingerprint density at radius 2 is 1.66 bits per heavy atom. The molecule has 5 atom stereocenters. The molecule has 3 aliphatic rings. The molecule has 2 aromatic heterocycles. The number of hydrogen-bond acceptors (Lipinski definition) is 13. The van der Waals surface area contributed by atoms with Crippen LogP contribution in [0.15, 0.2) is 0 Å². The van der Waals surface area contributed by atoms with Gasteiger partial charge in [-0.05, 0) is 66.2 Å². The van der Waals surface area contributed by atoms with E-state index in [1.165, 1.54) is 21.0 Å². The molecule has 0 spiro atoms. The summed E-state index contributed by atoms with van der Waals surface area (Å²) in [5.74, 6) is -0.550. The Bertz CT molecular complexity index is 1390. The van der Waals surface area contributed by atoms with E-state index >= 15 is 0 Å². The fraction of sp³-hybridized carbons (Fsp3) is 0.741. The van der Waals surface area contributed by atoms with E-state index < -0.39 is 49.6 Å². The third-order valence-corrected chi connectivity index (χ3v) is 10.1. The van der Waals surface area contributed by atoms with Gasteiger partial charge in [0.15, 0.2) is 17.4 Å². The maximum Gasteiger partial charge on any atom is 0.342 e. The molecule has 44 heavy (non-hydrogen) atoms. The van der Waals surface area contributed by atoms with Crippen LogP contribution in [0.3, 0.4) is 0 Å². The highest BCUT2D eigenvalue weighted by Crippen LogP contribution is 2.44. The summed E-state index contributed by atoms with van der Waals surface area (Å²) in [6.45, 7) is 6.08. The molecule has 0 bridgehead atoms. The number of hydrogen-bond donors (Lipinski definition) is 4. The fourth-order valence-electron chi connectivity index (χ4n) is 5.30. The number of fused-ring (bicyclic) bond motifs is 1. The van der Waals surface area contributed by atoms with Crippen molar-refractivity contribution in [3.63, 3.8) is 0 Å². The van der Waals surface area contributed by atoms with Crippen molar-refractivity contribution in [2.24, 2.45) is 0 Å². The number of imidazole rings is 1.